The zero-order chi connectivity index (χ0) is 21.4. The van der Waals surface area contributed by atoms with E-state index in [1.165, 1.54) is 0 Å². The second kappa shape index (κ2) is 8.12. The minimum absolute atomic E-state index is 0.0793. The normalized spacial score (nSPS) is 13.6. The van der Waals surface area contributed by atoms with Crippen molar-refractivity contribution in [2.24, 2.45) is 0 Å². The summed E-state index contributed by atoms with van der Waals surface area (Å²) in [4.78, 5) is -1.11. The number of hydrogen-bond acceptors (Lipinski definition) is 2. The number of benzene rings is 2. The van der Waals surface area contributed by atoms with Gasteiger partial charge in [-0.05, 0) is 72.1 Å². The minimum atomic E-state index is -6.38. The molecular formula is C16H8Cl2F8S2. The molecule has 0 bridgehead atoms. The van der Waals surface area contributed by atoms with Gasteiger partial charge in [-0.15, -0.1) is 0 Å². The molecule has 0 saturated heterocycles. The fraction of sp³-hybridized carbons (Fsp3) is 0.250. The van der Waals surface area contributed by atoms with Gasteiger partial charge in [0, 0.05) is 19.8 Å². The van der Waals surface area contributed by atoms with Gasteiger partial charge in [-0.2, -0.15) is 35.1 Å². The third kappa shape index (κ3) is 4.66. The maximum absolute atomic E-state index is 13.9. The Balaban J connectivity index is 2.30. The van der Waals surface area contributed by atoms with Crippen molar-refractivity contribution in [2.45, 2.75) is 32.1 Å². The predicted octanol–water partition coefficient (Wildman–Crippen LogP) is 8.33. The molecule has 0 aromatic heterocycles. The van der Waals surface area contributed by atoms with E-state index in [-0.39, 0.29) is 10.0 Å². The van der Waals surface area contributed by atoms with Crippen LogP contribution in [0.3, 0.4) is 0 Å². The van der Waals surface area contributed by atoms with Gasteiger partial charge in [-0.1, -0.05) is 23.2 Å². The number of hydrogen-bond donors (Lipinski definition) is 0. The molecule has 154 valence electrons. The molecule has 0 aliphatic heterocycles. The molecule has 0 atom stereocenters. The van der Waals surface area contributed by atoms with Crippen molar-refractivity contribution >= 4 is 46.7 Å². The standard InChI is InChI=1S/C16H8Cl2F8S2/c17-9-1-5-11(6-2-9)27-15(23,24)13(19,20)14(21,22)16(25,26)28-12-7-3-10(18)4-8-12/h1-8H. The number of thioether (sulfide) groups is 2. The summed E-state index contributed by atoms with van der Waals surface area (Å²) in [5.74, 6) is -12.8. The quantitative estimate of drug-likeness (QED) is 0.285. The number of alkyl halides is 8. The van der Waals surface area contributed by atoms with Gasteiger partial charge in [-0.25, -0.2) is 0 Å². The lowest BCUT2D eigenvalue weighted by Gasteiger charge is -2.35. The van der Waals surface area contributed by atoms with Crippen LogP contribution in [0.5, 0.6) is 0 Å². The molecule has 12 heteroatoms. The molecule has 0 aliphatic carbocycles. The van der Waals surface area contributed by atoms with Crippen LogP contribution in [0.2, 0.25) is 10.0 Å². The smallest absolute Gasteiger partial charge is 0.191 e. The lowest BCUT2D eigenvalue weighted by molar-refractivity contribution is -0.322. The Morgan fingerprint density at radius 2 is 0.750 bits per heavy atom. The van der Waals surface area contributed by atoms with E-state index >= 15 is 0 Å². The van der Waals surface area contributed by atoms with Gasteiger partial charge in [-0.3, -0.25) is 0 Å². The maximum atomic E-state index is 13.9. The first-order chi connectivity index (χ1) is 12.7. The summed E-state index contributed by atoms with van der Waals surface area (Å²) >= 11 is 9.10. The SMILES string of the molecule is FC(F)(Sc1ccc(Cl)cc1)C(F)(F)C(F)(F)C(F)(F)Sc1ccc(Cl)cc1. The summed E-state index contributed by atoms with van der Waals surface area (Å²) in [6.45, 7) is 0. The Bertz CT molecular complexity index is 741. The minimum Gasteiger partial charge on any atom is -0.191 e. The lowest BCUT2D eigenvalue weighted by Crippen LogP contribution is -2.60. The van der Waals surface area contributed by atoms with Crippen LogP contribution in [0.15, 0.2) is 58.3 Å². The van der Waals surface area contributed by atoms with Crippen molar-refractivity contribution in [1.82, 2.24) is 0 Å². The van der Waals surface area contributed by atoms with Crippen LogP contribution in [-0.4, -0.2) is 22.4 Å². The first-order valence-electron chi connectivity index (χ1n) is 7.10. The van der Waals surface area contributed by atoms with E-state index in [0.717, 1.165) is 48.5 Å². The van der Waals surface area contributed by atoms with Crippen molar-refractivity contribution in [3.05, 3.63) is 58.6 Å². The summed E-state index contributed by atoms with van der Waals surface area (Å²) in [5, 5.41) is -10.9. The van der Waals surface area contributed by atoms with Crippen molar-refractivity contribution in [1.29, 1.82) is 0 Å². The molecule has 0 unspecified atom stereocenters. The zero-order valence-electron chi connectivity index (χ0n) is 13.2. The van der Waals surface area contributed by atoms with Gasteiger partial charge in [0.15, 0.2) is 0 Å². The van der Waals surface area contributed by atoms with Gasteiger partial charge in [0.2, 0.25) is 0 Å². The van der Waals surface area contributed by atoms with Gasteiger partial charge in [0.05, 0.1) is 0 Å². The monoisotopic (exact) mass is 486 g/mol. The van der Waals surface area contributed by atoms with Crippen LogP contribution in [0.1, 0.15) is 0 Å². The zero-order valence-corrected chi connectivity index (χ0v) is 16.4. The first-order valence-corrected chi connectivity index (χ1v) is 9.49. The van der Waals surface area contributed by atoms with E-state index in [0.29, 0.717) is 0 Å². The third-order valence-corrected chi connectivity index (χ3v) is 5.79. The average Bonchev–Trinajstić information content (AvgIpc) is 2.58. The maximum Gasteiger partial charge on any atom is 0.389 e. The molecular weight excluding hydrogens is 479 g/mol. The summed E-state index contributed by atoms with van der Waals surface area (Å²) in [5.41, 5.74) is 0. The molecule has 0 radical (unpaired) electrons. The van der Waals surface area contributed by atoms with E-state index in [9.17, 15) is 35.1 Å². The van der Waals surface area contributed by atoms with Crippen LogP contribution in [0.4, 0.5) is 35.1 Å². The van der Waals surface area contributed by atoms with Crippen molar-refractivity contribution < 1.29 is 35.1 Å². The predicted molar refractivity (Wildman–Crippen MR) is 94.4 cm³/mol. The van der Waals surface area contributed by atoms with Crippen LogP contribution in [0.25, 0.3) is 0 Å². The van der Waals surface area contributed by atoms with Crippen molar-refractivity contribution in [2.75, 3.05) is 0 Å². The molecule has 0 heterocycles. The van der Waals surface area contributed by atoms with E-state index in [1.54, 1.807) is 0 Å². The van der Waals surface area contributed by atoms with Gasteiger partial charge < -0.3 is 0 Å². The highest BCUT2D eigenvalue weighted by Gasteiger charge is 2.81. The highest BCUT2D eigenvalue weighted by atomic mass is 35.5. The Morgan fingerprint density at radius 3 is 1.00 bits per heavy atom. The van der Waals surface area contributed by atoms with Crippen molar-refractivity contribution in [3.8, 4) is 0 Å². The Hall–Kier alpha value is -0.840. The summed E-state index contributed by atoms with van der Waals surface area (Å²) in [6.07, 6.45) is 0. The van der Waals surface area contributed by atoms with E-state index in [4.69, 9.17) is 23.2 Å². The Kier molecular flexibility index (Phi) is 6.80. The van der Waals surface area contributed by atoms with Crippen molar-refractivity contribution in [3.63, 3.8) is 0 Å². The van der Waals surface area contributed by atoms with Crippen LogP contribution < -0.4 is 0 Å². The molecule has 2 aromatic carbocycles. The first kappa shape index (κ1) is 23.4. The largest absolute Gasteiger partial charge is 0.389 e. The molecule has 2 aromatic rings. The highest BCUT2D eigenvalue weighted by molar-refractivity contribution is 8.00. The molecule has 0 saturated carbocycles. The summed E-state index contributed by atoms with van der Waals surface area (Å²) in [7, 11) is 0. The molecule has 2 rings (SSSR count). The second-order valence-electron chi connectivity index (χ2n) is 5.29. The summed E-state index contributed by atoms with van der Waals surface area (Å²) < 4.78 is 112. The van der Waals surface area contributed by atoms with Crippen LogP contribution >= 0.6 is 46.7 Å². The highest BCUT2D eigenvalue weighted by Crippen LogP contribution is 2.60. The van der Waals surface area contributed by atoms with E-state index < -0.39 is 55.7 Å². The summed E-state index contributed by atoms with van der Waals surface area (Å²) in [6, 6.07) is 7.71. The number of halogens is 10. The van der Waals surface area contributed by atoms with E-state index in [1.807, 2.05) is 0 Å². The van der Waals surface area contributed by atoms with Gasteiger partial charge in [0.25, 0.3) is 0 Å². The lowest BCUT2D eigenvalue weighted by atomic mass is 10.2. The average molecular weight is 487 g/mol. The Morgan fingerprint density at radius 1 is 0.500 bits per heavy atom. The molecule has 0 N–H and O–H groups in total. The van der Waals surface area contributed by atoms with Crippen LogP contribution in [0, 0.1) is 0 Å². The molecule has 28 heavy (non-hydrogen) atoms. The van der Waals surface area contributed by atoms with Gasteiger partial charge in [0.1, 0.15) is 0 Å². The second-order valence-corrected chi connectivity index (χ2v) is 8.54. The Labute approximate surface area is 172 Å². The molecule has 0 nitrogen and oxygen atoms in total. The fourth-order valence-corrected chi connectivity index (χ4v) is 3.70. The molecule has 0 spiro atoms. The van der Waals surface area contributed by atoms with E-state index in [2.05, 4.69) is 0 Å². The van der Waals surface area contributed by atoms with Crippen LogP contribution in [-0.2, 0) is 0 Å². The molecule has 0 amide bonds. The third-order valence-electron chi connectivity index (χ3n) is 3.24. The fourth-order valence-electron chi connectivity index (χ4n) is 1.80. The molecule has 0 aliphatic rings. The van der Waals surface area contributed by atoms with Gasteiger partial charge >= 0.3 is 22.4 Å². The number of rotatable bonds is 7. The molecule has 0 fully saturated rings. The topological polar surface area (TPSA) is 0 Å².